The topological polar surface area (TPSA) is 50.9 Å². The van der Waals surface area contributed by atoms with Gasteiger partial charge in [0.1, 0.15) is 0 Å². The van der Waals surface area contributed by atoms with Crippen molar-refractivity contribution in [2.24, 2.45) is 0 Å². The first-order valence-electron chi connectivity index (χ1n) is 5.59. The van der Waals surface area contributed by atoms with Gasteiger partial charge in [-0.1, -0.05) is 18.2 Å². The average Bonchev–Trinajstić information content (AvgIpc) is 2.66. The molecular weight excluding hydrogens is 190 g/mol. The monoisotopic (exact) mass is 207 g/mol. The molecule has 1 aliphatic rings. The van der Waals surface area contributed by atoms with Crippen LogP contribution >= 0.6 is 0 Å². The zero-order valence-corrected chi connectivity index (χ0v) is 9.06. The largest absolute Gasteiger partial charge is 0.389 e. The molecule has 1 aromatic heterocycles. The van der Waals surface area contributed by atoms with Crippen LogP contribution in [-0.2, 0) is 6.54 Å². The Bertz CT molecular complexity index is 356. The third-order valence-corrected chi connectivity index (χ3v) is 2.72. The minimum absolute atomic E-state index is 0.293. The number of aryl methyl sites for hydroxylation is 1. The van der Waals surface area contributed by atoms with Gasteiger partial charge >= 0.3 is 0 Å². The molecule has 1 N–H and O–H groups in total. The summed E-state index contributed by atoms with van der Waals surface area (Å²) in [6, 6.07) is 0. The molecule has 0 bridgehead atoms. The number of hydrogen-bond acceptors (Lipinski definition) is 3. The number of nitrogens with zero attached hydrogens (tertiary/aromatic N) is 3. The molecule has 1 atom stereocenters. The zero-order chi connectivity index (χ0) is 10.7. The quantitative estimate of drug-likeness (QED) is 0.819. The lowest BCUT2D eigenvalue weighted by Gasteiger charge is -2.17. The molecule has 0 saturated carbocycles. The fourth-order valence-electron chi connectivity index (χ4n) is 2.00. The van der Waals surface area contributed by atoms with Gasteiger partial charge in [0.15, 0.2) is 0 Å². The Morgan fingerprint density at radius 1 is 1.60 bits per heavy atom. The van der Waals surface area contributed by atoms with Crippen molar-refractivity contribution in [2.75, 3.05) is 0 Å². The molecule has 1 unspecified atom stereocenters. The van der Waals surface area contributed by atoms with Crippen molar-refractivity contribution < 1.29 is 5.11 Å². The van der Waals surface area contributed by atoms with Crippen molar-refractivity contribution >= 4 is 5.57 Å². The number of rotatable bonds is 3. The predicted molar refractivity (Wildman–Crippen MR) is 58.1 cm³/mol. The van der Waals surface area contributed by atoms with E-state index in [-0.39, 0.29) is 6.10 Å². The van der Waals surface area contributed by atoms with Crippen LogP contribution in [0.1, 0.15) is 38.3 Å². The van der Waals surface area contributed by atoms with Crippen molar-refractivity contribution in [3.8, 4) is 0 Å². The third kappa shape index (κ3) is 2.26. The highest BCUT2D eigenvalue weighted by atomic mass is 16.3. The third-order valence-electron chi connectivity index (χ3n) is 2.72. The van der Waals surface area contributed by atoms with Crippen LogP contribution in [0.5, 0.6) is 0 Å². The highest BCUT2D eigenvalue weighted by Crippen LogP contribution is 2.26. The average molecular weight is 207 g/mol. The summed E-state index contributed by atoms with van der Waals surface area (Å²) in [5.74, 6) is 0. The maximum atomic E-state index is 9.57. The molecule has 0 aliphatic heterocycles. The van der Waals surface area contributed by atoms with E-state index in [0.717, 1.165) is 37.9 Å². The molecule has 0 fully saturated rings. The summed E-state index contributed by atoms with van der Waals surface area (Å²) in [4.78, 5) is 0. The van der Waals surface area contributed by atoms with Gasteiger partial charge in [-0.25, -0.2) is 4.68 Å². The maximum Gasteiger partial charge on any atom is 0.0842 e. The van der Waals surface area contributed by atoms with Crippen LogP contribution in [0.15, 0.2) is 12.3 Å². The number of aromatic nitrogens is 3. The Kier molecular flexibility index (Phi) is 3.16. The Hall–Kier alpha value is -1.16. The van der Waals surface area contributed by atoms with Crippen molar-refractivity contribution in [1.82, 2.24) is 15.0 Å². The van der Waals surface area contributed by atoms with E-state index >= 15 is 0 Å². The molecule has 0 saturated heterocycles. The molecule has 0 aromatic carbocycles. The van der Waals surface area contributed by atoms with E-state index in [2.05, 4.69) is 17.2 Å². The predicted octanol–water partition coefficient (Wildman–Crippen LogP) is 1.62. The van der Waals surface area contributed by atoms with E-state index in [1.807, 2.05) is 10.8 Å². The van der Waals surface area contributed by atoms with E-state index in [9.17, 15) is 5.11 Å². The molecule has 4 nitrogen and oxygen atoms in total. The smallest absolute Gasteiger partial charge is 0.0842 e. The molecule has 1 aliphatic carbocycles. The summed E-state index contributed by atoms with van der Waals surface area (Å²) >= 11 is 0. The van der Waals surface area contributed by atoms with E-state index in [1.54, 1.807) is 6.20 Å². The standard InChI is InChI=1S/C11H17N3O/c1-2-6-14-11(8-12-13-14)9-4-3-5-10(15)7-9/h7-8,10,15H,2-6H2,1H3. The molecule has 15 heavy (non-hydrogen) atoms. The van der Waals surface area contributed by atoms with E-state index in [4.69, 9.17) is 0 Å². The second-order valence-electron chi connectivity index (χ2n) is 3.99. The molecule has 4 heteroatoms. The van der Waals surface area contributed by atoms with Gasteiger partial charge in [0.05, 0.1) is 18.0 Å². The lowest BCUT2D eigenvalue weighted by molar-refractivity contribution is 0.206. The Balaban J connectivity index is 2.24. The van der Waals surface area contributed by atoms with Crippen LogP contribution in [0.2, 0.25) is 0 Å². The summed E-state index contributed by atoms with van der Waals surface area (Å²) in [6.45, 7) is 3.01. The minimum Gasteiger partial charge on any atom is -0.389 e. The van der Waals surface area contributed by atoms with Crippen LogP contribution in [0.4, 0.5) is 0 Å². The van der Waals surface area contributed by atoms with Crippen LogP contribution < -0.4 is 0 Å². The number of hydrogen-bond donors (Lipinski definition) is 1. The van der Waals surface area contributed by atoms with Gasteiger partial charge in [-0.3, -0.25) is 0 Å². The Labute approximate surface area is 89.6 Å². The van der Waals surface area contributed by atoms with E-state index in [0.29, 0.717) is 0 Å². The van der Waals surface area contributed by atoms with Crippen LogP contribution in [-0.4, -0.2) is 26.2 Å². The van der Waals surface area contributed by atoms with Gasteiger partial charge in [0.2, 0.25) is 0 Å². The summed E-state index contributed by atoms with van der Waals surface area (Å²) < 4.78 is 1.92. The van der Waals surface area contributed by atoms with Gasteiger partial charge < -0.3 is 5.11 Å². The van der Waals surface area contributed by atoms with Gasteiger partial charge in [0, 0.05) is 6.54 Å². The van der Waals surface area contributed by atoms with Crippen LogP contribution in [0.25, 0.3) is 5.57 Å². The number of allylic oxidation sites excluding steroid dienone is 1. The summed E-state index contributed by atoms with van der Waals surface area (Å²) in [7, 11) is 0. The fourth-order valence-corrected chi connectivity index (χ4v) is 2.00. The second-order valence-corrected chi connectivity index (χ2v) is 3.99. The van der Waals surface area contributed by atoms with E-state index < -0.39 is 0 Å². The Morgan fingerprint density at radius 3 is 3.20 bits per heavy atom. The molecule has 0 radical (unpaired) electrons. The maximum absolute atomic E-state index is 9.57. The first-order valence-corrected chi connectivity index (χ1v) is 5.59. The highest BCUT2D eigenvalue weighted by Gasteiger charge is 2.15. The van der Waals surface area contributed by atoms with Crippen molar-refractivity contribution in [1.29, 1.82) is 0 Å². The lowest BCUT2D eigenvalue weighted by Crippen LogP contribution is -2.11. The summed E-state index contributed by atoms with van der Waals surface area (Å²) in [5.41, 5.74) is 2.25. The highest BCUT2D eigenvalue weighted by molar-refractivity contribution is 5.63. The number of aliphatic hydroxyl groups is 1. The van der Waals surface area contributed by atoms with Crippen molar-refractivity contribution in [3.05, 3.63) is 18.0 Å². The first-order chi connectivity index (χ1) is 7.31. The van der Waals surface area contributed by atoms with Gasteiger partial charge in [-0.05, 0) is 31.3 Å². The lowest BCUT2D eigenvalue weighted by atomic mass is 9.95. The van der Waals surface area contributed by atoms with Gasteiger partial charge in [-0.15, -0.1) is 5.10 Å². The number of aliphatic hydroxyl groups excluding tert-OH is 1. The van der Waals surface area contributed by atoms with Crippen LogP contribution in [0, 0.1) is 0 Å². The second kappa shape index (κ2) is 4.57. The molecule has 82 valence electrons. The molecular formula is C11H17N3O. The normalized spacial score (nSPS) is 21.5. The molecule has 2 rings (SSSR count). The molecule has 1 heterocycles. The fraction of sp³-hybridized carbons (Fsp3) is 0.636. The van der Waals surface area contributed by atoms with E-state index in [1.165, 1.54) is 5.57 Å². The first kappa shape index (κ1) is 10.4. The zero-order valence-electron chi connectivity index (χ0n) is 9.06. The van der Waals surface area contributed by atoms with Crippen molar-refractivity contribution in [3.63, 3.8) is 0 Å². The SMILES string of the molecule is CCCn1nncc1C1=CC(O)CCC1. The van der Waals surface area contributed by atoms with Crippen molar-refractivity contribution in [2.45, 2.75) is 45.3 Å². The molecule has 1 aromatic rings. The molecule has 0 spiro atoms. The van der Waals surface area contributed by atoms with Gasteiger partial charge in [-0.2, -0.15) is 0 Å². The van der Waals surface area contributed by atoms with Crippen LogP contribution in [0.3, 0.4) is 0 Å². The summed E-state index contributed by atoms with van der Waals surface area (Å²) in [6.07, 6.45) is 7.43. The minimum atomic E-state index is -0.293. The van der Waals surface area contributed by atoms with Gasteiger partial charge in [0.25, 0.3) is 0 Å². The molecule has 0 amide bonds. The summed E-state index contributed by atoms with van der Waals surface area (Å²) in [5, 5.41) is 17.6. The Morgan fingerprint density at radius 2 is 2.47 bits per heavy atom.